The summed E-state index contributed by atoms with van der Waals surface area (Å²) in [5.74, 6) is -1.49. The molecular weight excluding hydrogens is 272 g/mol. The van der Waals surface area contributed by atoms with Gasteiger partial charge >= 0.3 is 5.97 Å². The first-order valence-electron chi connectivity index (χ1n) is 6.46. The summed E-state index contributed by atoms with van der Waals surface area (Å²) >= 11 is 0. The normalized spacial score (nSPS) is 10.4. The van der Waals surface area contributed by atoms with Gasteiger partial charge in [0, 0.05) is 12.7 Å². The maximum absolute atomic E-state index is 12.3. The molecule has 2 rings (SSSR count). The molecule has 1 heterocycles. The van der Waals surface area contributed by atoms with E-state index in [1.54, 1.807) is 43.1 Å². The van der Waals surface area contributed by atoms with Gasteiger partial charge in [0.25, 0.3) is 5.91 Å². The predicted molar refractivity (Wildman–Crippen MR) is 75.2 cm³/mol. The van der Waals surface area contributed by atoms with Crippen molar-refractivity contribution in [1.82, 2.24) is 20.3 Å². The van der Waals surface area contributed by atoms with Crippen LogP contribution < -0.4 is 5.32 Å². The maximum atomic E-state index is 12.3. The van der Waals surface area contributed by atoms with E-state index >= 15 is 0 Å². The average molecular weight is 288 g/mol. The molecule has 0 aliphatic rings. The molecule has 1 aromatic heterocycles. The van der Waals surface area contributed by atoms with E-state index in [9.17, 15) is 14.7 Å². The standard InChI is InChI=1S/C14H16N4O3/c1-9-3-4-10(2)12(14(20)21)11(9)13(19)15-5-7-18-8-6-16-17-18/h3-4,6,8H,5,7H2,1-2H3,(H,15,19)(H,20,21). The molecule has 0 saturated carbocycles. The van der Waals surface area contributed by atoms with Crippen molar-refractivity contribution >= 4 is 11.9 Å². The van der Waals surface area contributed by atoms with Crippen LogP contribution in [0.1, 0.15) is 31.8 Å². The number of carboxylic acids is 1. The number of nitrogens with one attached hydrogen (secondary N) is 1. The van der Waals surface area contributed by atoms with E-state index in [2.05, 4.69) is 15.6 Å². The zero-order valence-corrected chi connectivity index (χ0v) is 11.8. The van der Waals surface area contributed by atoms with Crippen LogP contribution in [0.4, 0.5) is 0 Å². The molecule has 1 aromatic carbocycles. The minimum Gasteiger partial charge on any atom is -0.478 e. The summed E-state index contributed by atoms with van der Waals surface area (Å²) in [6, 6.07) is 3.44. The molecule has 0 fully saturated rings. The Bertz CT molecular complexity index is 665. The van der Waals surface area contributed by atoms with Crippen molar-refractivity contribution in [3.8, 4) is 0 Å². The summed E-state index contributed by atoms with van der Waals surface area (Å²) in [7, 11) is 0. The second-order valence-corrected chi connectivity index (χ2v) is 4.68. The van der Waals surface area contributed by atoms with Gasteiger partial charge in [0.2, 0.25) is 0 Å². The van der Waals surface area contributed by atoms with Crippen LogP contribution in [-0.4, -0.2) is 38.5 Å². The molecule has 2 aromatic rings. The third-order valence-electron chi connectivity index (χ3n) is 3.16. The van der Waals surface area contributed by atoms with E-state index in [1.807, 2.05) is 0 Å². The number of aryl methyl sites for hydroxylation is 2. The molecule has 0 bridgehead atoms. The number of hydrogen-bond acceptors (Lipinski definition) is 4. The van der Waals surface area contributed by atoms with Crippen molar-refractivity contribution in [2.45, 2.75) is 20.4 Å². The van der Waals surface area contributed by atoms with Gasteiger partial charge in [-0.05, 0) is 25.0 Å². The predicted octanol–water partition coefficient (Wildman–Crippen LogP) is 1.02. The first-order valence-corrected chi connectivity index (χ1v) is 6.46. The van der Waals surface area contributed by atoms with E-state index in [4.69, 9.17) is 0 Å². The van der Waals surface area contributed by atoms with Crippen LogP contribution in [-0.2, 0) is 6.54 Å². The quantitative estimate of drug-likeness (QED) is 0.856. The number of carboxylic acid groups (broad SMARTS) is 1. The van der Waals surface area contributed by atoms with E-state index in [0.717, 1.165) is 0 Å². The van der Waals surface area contributed by atoms with Crippen molar-refractivity contribution in [2.75, 3.05) is 6.54 Å². The van der Waals surface area contributed by atoms with Crippen LogP contribution in [0.5, 0.6) is 0 Å². The topological polar surface area (TPSA) is 97.1 Å². The number of carbonyl (C=O) groups excluding carboxylic acids is 1. The Morgan fingerprint density at radius 1 is 1.24 bits per heavy atom. The Labute approximate surface area is 121 Å². The summed E-state index contributed by atoms with van der Waals surface area (Å²) in [5, 5.41) is 19.5. The Morgan fingerprint density at radius 2 is 1.90 bits per heavy atom. The molecule has 0 spiro atoms. The lowest BCUT2D eigenvalue weighted by Gasteiger charge is -2.12. The Balaban J connectivity index is 2.15. The third kappa shape index (κ3) is 3.25. The molecule has 21 heavy (non-hydrogen) atoms. The third-order valence-corrected chi connectivity index (χ3v) is 3.16. The van der Waals surface area contributed by atoms with Gasteiger partial charge in [0.1, 0.15) is 0 Å². The molecule has 0 unspecified atom stereocenters. The van der Waals surface area contributed by atoms with Crippen LogP contribution in [0.25, 0.3) is 0 Å². The summed E-state index contributed by atoms with van der Waals surface area (Å²) in [4.78, 5) is 23.6. The van der Waals surface area contributed by atoms with E-state index in [-0.39, 0.29) is 11.1 Å². The Morgan fingerprint density at radius 3 is 2.48 bits per heavy atom. The lowest BCUT2D eigenvalue weighted by Crippen LogP contribution is -2.30. The fraction of sp³-hybridized carbons (Fsp3) is 0.286. The number of hydrogen-bond donors (Lipinski definition) is 2. The second-order valence-electron chi connectivity index (χ2n) is 4.68. The molecule has 7 heteroatoms. The summed E-state index contributed by atoms with van der Waals surface area (Å²) in [6.45, 7) is 4.21. The van der Waals surface area contributed by atoms with Crippen molar-refractivity contribution in [3.05, 3.63) is 46.8 Å². The Kier molecular flexibility index (Phi) is 4.32. The number of amides is 1. The van der Waals surface area contributed by atoms with Crippen molar-refractivity contribution in [2.24, 2.45) is 0 Å². The smallest absolute Gasteiger partial charge is 0.336 e. The van der Waals surface area contributed by atoms with Crippen molar-refractivity contribution < 1.29 is 14.7 Å². The highest BCUT2D eigenvalue weighted by atomic mass is 16.4. The van der Waals surface area contributed by atoms with Gasteiger partial charge in [-0.3, -0.25) is 9.48 Å². The van der Waals surface area contributed by atoms with Gasteiger partial charge in [-0.2, -0.15) is 0 Å². The number of rotatable bonds is 5. The summed E-state index contributed by atoms with van der Waals surface area (Å²) in [5.41, 5.74) is 1.46. The van der Waals surface area contributed by atoms with Crippen molar-refractivity contribution in [3.63, 3.8) is 0 Å². The molecule has 0 radical (unpaired) electrons. The number of nitrogens with zero attached hydrogens (tertiary/aromatic N) is 3. The summed E-state index contributed by atoms with van der Waals surface area (Å²) < 4.78 is 1.58. The van der Waals surface area contributed by atoms with E-state index < -0.39 is 11.9 Å². The number of aromatic carboxylic acids is 1. The van der Waals surface area contributed by atoms with Gasteiger partial charge in [0.05, 0.1) is 23.9 Å². The second kappa shape index (κ2) is 6.17. The van der Waals surface area contributed by atoms with Gasteiger partial charge in [-0.25, -0.2) is 4.79 Å². The van der Waals surface area contributed by atoms with Gasteiger partial charge in [-0.1, -0.05) is 17.3 Å². The number of aromatic nitrogens is 3. The molecule has 0 aliphatic heterocycles. The highest BCUT2D eigenvalue weighted by Gasteiger charge is 2.20. The van der Waals surface area contributed by atoms with Gasteiger partial charge in [0.15, 0.2) is 0 Å². The van der Waals surface area contributed by atoms with Crippen LogP contribution in [0, 0.1) is 13.8 Å². The summed E-state index contributed by atoms with van der Waals surface area (Å²) in [6.07, 6.45) is 3.24. The van der Waals surface area contributed by atoms with E-state index in [1.165, 1.54) is 0 Å². The van der Waals surface area contributed by atoms with Crippen LogP contribution >= 0.6 is 0 Å². The largest absolute Gasteiger partial charge is 0.478 e. The molecule has 0 atom stereocenters. The first kappa shape index (κ1) is 14.7. The van der Waals surface area contributed by atoms with Gasteiger partial charge < -0.3 is 10.4 Å². The van der Waals surface area contributed by atoms with Crippen LogP contribution in [0.2, 0.25) is 0 Å². The monoisotopic (exact) mass is 288 g/mol. The highest BCUT2D eigenvalue weighted by Crippen LogP contribution is 2.18. The van der Waals surface area contributed by atoms with Crippen LogP contribution in [0.15, 0.2) is 24.5 Å². The SMILES string of the molecule is Cc1ccc(C)c(C(=O)NCCn2ccnn2)c1C(=O)O. The average Bonchev–Trinajstić information content (AvgIpc) is 2.93. The molecule has 7 nitrogen and oxygen atoms in total. The minimum absolute atomic E-state index is 0.0493. The minimum atomic E-state index is -1.10. The molecular formula is C14H16N4O3. The molecule has 1 amide bonds. The number of benzene rings is 1. The highest BCUT2D eigenvalue weighted by molar-refractivity contribution is 6.06. The van der Waals surface area contributed by atoms with Crippen molar-refractivity contribution in [1.29, 1.82) is 0 Å². The fourth-order valence-electron chi connectivity index (χ4n) is 2.10. The zero-order chi connectivity index (χ0) is 15.4. The lowest BCUT2D eigenvalue weighted by atomic mass is 9.96. The van der Waals surface area contributed by atoms with Crippen LogP contribution in [0.3, 0.4) is 0 Å². The zero-order valence-electron chi connectivity index (χ0n) is 11.8. The van der Waals surface area contributed by atoms with Gasteiger partial charge in [-0.15, -0.1) is 5.10 Å². The fourth-order valence-corrected chi connectivity index (χ4v) is 2.10. The van der Waals surface area contributed by atoms with E-state index in [0.29, 0.717) is 24.2 Å². The first-order chi connectivity index (χ1) is 10.0. The number of carbonyl (C=O) groups is 2. The molecule has 0 saturated heterocycles. The molecule has 2 N–H and O–H groups in total. The molecule has 0 aliphatic carbocycles. The Hall–Kier alpha value is -2.70. The maximum Gasteiger partial charge on any atom is 0.336 e. The molecule has 110 valence electrons. The lowest BCUT2D eigenvalue weighted by molar-refractivity contribution is 0.0690.